The van der Waals surface area contributed by atoms with Crippen LogP contribution in [0, 0.1) is 5.92 Å². The van der Waals surface area contributed by atoms with E-state index < -0.39 is 0 Å². The van der Waals surface area contributed by atoms with E-state index in [-0.39, 0.29) is 11.8 Å². The fourth-order valence-corrected chi connectivity index (χ4v) is 1.56. The molecule has 3 fully saturated rings. The van der Waals surface area contributed by atoms with E-state index in [4.69, 9.17) is 4.74 Å². The lowest BCUT2D eigenvalue weighted by Crippen LogP contribution is -2.43. The molecule has 0 radical (unpaired) electrons. The van der Waals surface area contributed by atoms with Gasteiger partial charge in [0, 0.05) is 0 Å². The second kappa shape index (κ2) is 2.23. The number of carbonyl (C=O) groups is 1. The summed E-state index contributed by atoms with van der Waals surface area (Å²) in [5, 5.41) is 2.91. The first kappa shape index (κ1) is 6.16. The Labute approximate surface area is 59.7 Å². The molecule has 10 heavy (non-hydrogen) atoms. The maximum atomic E-state index is 11.1. The number of hydrogen-bond acceptors (Lipinski definition) is 2. The van der Waals surface area contributed by atoms with E-state index in [0.29, 0.717) is 19.3 Å². The summed E-state index contributed by atoms with van der Waals surface area (Å²) in [6, 6.07) is 0.297. The van der Waals surface area contributed by atoms with Crippen molar-refractivity contribution in [3.63, 3.8) is 0 Å². The molecule has 2 bridgehead atoms. The van der Waals surface area contributed by atoms with Gasteiger partial charge in [0.25, 0.3) is 0 Å². The number of piperidine rings is 1. The molecule has 2 unspecified atom stereocenters. The molecule has 0 aliphatic carbocycles. The topological polar surface area (TPSA) is 38.3 Å². The Bertz CT molecular complexity index is 154. The van der Waals surface area contributed by atoms with E-state index >= 15 is 0 Å². The largest absolute Gasteiger partial charge is 0.378 e. The molecule has 1 N–H and O–H groups in total. The first-order valence-electron chi connectivity index (χ1n) is 3.74. The molecule has 0 aromatic heterocycles. The van der Waals surface area contributed by atoms with Gasteiger partial charge in [0.1, 0.15) is 0 Å². The predicted molar refractivity (Wildman–Crippen MR) is 35.5 cm³/mol. The first-order valence-corrected chi connectivity index (χ1v) is 3.74. The molecule has 0 aromatic carbocycles. The average molecular weight is 141 g/mol. The smallest absolute Gasteiger partial charge is 0.225 e. The van der Waals surface area contributed by atoms with Crippen molar-refractivity contribution in [1.82, 2.24) is 5.32 Å². The van der Waals surface area contributed by atoms with Crippen LogP contribution in [0.3, 0.4) is 0 Å². The van der Waals surface area contributed by atoms with Gasteiger partial charge in [-0.05, 0) is 12.8 Å². The lowest BCUT2D eigenvalue weighted by atomic mass is 9.97. The van der Waals surface area contributed by atoms with Gasteiger partial charge in [-0.25, -0.2) is 0 Å². The monoisotopic (exact) mass is 141 g/mol. The van der Waals surface area contributed by atoms with Crippen LogP contribution in [-0.4, -0.2) is 25.2 Å². The van der Waals surface area contributed by atoms with E-state index in [1.54, 1.807) is 0 Å². The fraction of sp³-hybridized carbons (Fsp3) is 0.857. The Morgan fingerprint density at radius 1 is 1.40 bits per heavy atom. The van der Waals surface area contributed by atoms with Crippen LogP contribution in [0.2, 0.25) is 0 Å². The van der Waals surface area contributed by atoms with Crippen molar-refractivity contribution in [1.29, 1.82) is 0 Å². The van der Waals surface area contributed by atoms with E-state index in [0.717, 1.165) is 12.8 Å². The highest BCUT2D eigenvalue weighted by molar-refractivity contribution is 5.80. The van der Waals surface area contributed by atoms with Crippen LogP contribution in [0.15, 0.2) is 0 Å². The Hall–Kier alpha value is -0.570. The molecule has 3 saturated heterocycles. The number of rotatable bonds is 0. The highest BCUT2D eigenvalue weighted by Crippen LogP contribution is 2.19. The van der Waals surface area contributed by atoms with Crippen molar-refractivity contribution in [2.24, 2.45) is 5.92 Å². The zero-order chi connectivity index (χ0) is 6.97. The maximum Gasteiger partial charge on any atom is 0.225 e. The number of amides is 1. The predicted octanol–water partition coefficient (Wildman–Crippen LogP) is -0.0886. The van der Waals surface area contributed by atoms with E-state index in [9.17, 15) is 4.79 Å². The molecule has 3 nitrogen and oxygen atoms in total. The second-order valence-electron chi connectivity index (χ2n) is 3.02. The third-order valence-corrected chi connectivity index (χ3v) is 2.22. The van der Waals surface area contributed by atoms with Gasteiger partial charge < -0.3 is 10.1 Å². The van der Waals surface area contributed by atoms with E-state index in [2.05, 4.69) is 5.32 Å². The minimum absolute atomic E-state index is 0.138. The minimum Gasteiger partial charge on any atom is -0.378 e. The molecule has 0 aromatic rings. The summed E-state index contributed by atoms with van der Waals surface area (Å²) in [7, 11) is 0. The molecule has 2 atom stereocenters. The van der Waals surface area contributed by atoms with Crippen LogP contribution in [-0.2, 0) is 9.53 Å². The average Bonchev–Trinajstić information content (AvgIpc) is 2.20. The molecule has 0 saturated carbocycles. The van der Waals surface area contributed by atoms with Crippen molar-refractivity contribution >= 4 is 5.91 Å². The molecule has 3 aliphatic rings. The fourth-order valence-electron chi connectivity index (χ4n) is 1.56. The summed E-state index contributed by atoms with van der Waals surface area (Å²) in [4.78, 5) is 11.1. The van der Waals surface area contributed by atoms with Crippen LogP contribution in [0.5, 0.6) is 0 Å². The number of ether oxygens (including phenoxy) is 1. The number of fused-ring (bicyclic) bond motifs is 4. The molecule has 0 spiro atoms. The SMILES string of the molecule is O=C1NC2CCC1COC2. The lowest BCUT2D eigenvalue weighted by Gasteiger charge is -2.21. The number of nitrogens with one attached hydrogen (secondary N) is 1. The van der Waals surface area contributed by atoms with Crippen molar-refractivity contribution in [3.8, 4) is 0 Å². The summed E-state index contributed by atoms with van der Waals surface area (Å²) in [6.45, 7) is 1.34. The Morgan fingerprint density at radius 2 is 2.30 bits per heavy atom. The zero-order valence-electron chi connectivity index (χ0n) is 5.80. The number of carbonyl (C=O) groups excluding carboxylic acids is 1. The zero-order valence-corrected chi connectivity index (χ0v) is 5.80. The molecule has 56 valence electrons. The van der Waals surface area contributed by atoms with Crippen LogP contribution >= 0.6 is 0 Å². The summed E-state index contributed by atoms with van der Waals surface area (Å²) in [5.74, 6) is 0.326. The van der Waals surface area contributed by atoms with E-state index in [1.165, 1.54) is 0 Å². The van der Waals surface area contributed by atoms with Gasteiger partial charge in [0.05, 0.1) is 25.2 Å². The Kier molecular flexibility index (Phi) is 1.38. The van der Waals surface area contributed by atoms with Gasteiger partial charge in [0.15, 0.2) is 0 Å². The van der Waals surface area contributed by atoms with Gasteiger partial charge in [-0.15, -0.1) is 0 Å². The van der Waals surface area contributed by atoms with Gasteiger partial charge >= 0.3 is 0 Å². The molecule has 3 heterocycles. The van der Waals surface area contributed by atoms with Gasteiger partial charge in [-0.2, -0.15) is 0 Å². The molecule has 3 heteroatoms. The van der Waals surface area contributed by atoms with Crippen molar-refractivity contribution in [2.75, 3.05) is 13.2 Å². The molecular weight excluding hydrogens is 130 g/mol. The summed E-state index contributed by atoms with van der Waals surface area (Å²) >= 11 is 0. The maximum absolute atomic E-state index is 11.1. The molecular formula is C7H11NO2. The molecule has 3 rings (SSSR count). The van der Waals surface area contributed by atoms with Gasteiger partial charge in [-0.3, -0.25) is 4.79 Å². The van der Waals surface area contributed by atoms with Gasteiger partial charge in [-0.1, -0.05) is 0 Å². The highest BCUT2D eigenvalue weighted by Gasteiger charge is 2.31. The second-order valence-corrected chi connectivity index (χ2v) is 3.02. The Morgan fingerprint density at radius 3 is 3.10 bits per heavy atom. The van der Waals surface area contributed by atoms with Crippen LogP contribution in [0.1, 0.15) is 12.8 Å². The molecule has 1 amide bonds. The quantitative estimate of drug-likeness (QED) is 0.512. The molecule has 3 aliphatic heterocycles. The standard InChI is InChI=1S/C7H11NO2/c9-7-5-1-2-6(8-7)4-10-3-5/h5-6H,1-4H2,(H,8,9). The first-order chi connectivity index (χ1) is 4.86. The van der Waals surface area contributed by atoms with Crippen molar-refractivity contribution in [2.45, 2.75) is 18.9 Å². The Balaban J connectivity index is 2.15. The van der Waals surface area contributed by atoms with Crippen LogP contribution in [0.25, 0.3) is 0 Å². The number of hydrogen-bond donors (Lipinski definition) is 1. The summed E-state index contributed by atoms with van der Waals surface area (Å²) < 4.78 is 5.27. The van der Waals surface area contributed by atoms with Crippen LogP contribution < -0.4 is 5.32 Å². The van der Waals surface area contributed by atoms with Crippen molar-refractivity contribution in [3.05, 3.63) is 0 Å². The minimum atomic E-state index is 0.138. The summed E-state index contributed by atoms with van der Waals surface area (Å²) in [5.41, 5.74) is 0. The third kappa shape index (κ3) is 0.904. The van der Waals surface area contributed by atoms with E-state index in [1.807, 2.05) is 0 Å². The third-order valence-electron chi connectivity index (χ3n) is 2.22. The summed E-state index contributed by atoms with van der Waals surface area (Å²) in [6.07, 6.45) is 2.10. The highest BCUT2D eigenvalue weighted by atomic mass is 16.5. The lowest BCUT2D eigenvalue weighted by molar-refractivity contribution is -0.127. The van der Waals surface area contributed by atoms with Crippen LogP contribution in [0.4, 0.5) is 0 Å². The van der Waals surface area contributed by atoms with Crippen molar-refractivity contribution < 1.29 is 9.53 Å². The normalized spacial score (nSPS) is 39.0. The van der Waals surface area contributed by atoms with Gasteiger partial charge in [0.2, 0.25) is 5.91 Å².